The highest BCUT2D eigenvalue weighted by atomic mass is 79.9. The van der Waals surface area contributed by atoms with E-state index in [1.807, 2.05) is 0 Å². The topological polar surface area (TPSA) is 92.8 Å². The van der Waals surface area contributed by atoms with Crippen LogP contribution >= 0.6 is 39.1 Å². The third kappa shape index (κ3) is 3.66. The van der Waals surface area contributed by atoms with Crippen molar-refractivity contribution >= 4 is 68.5 Å². The maximum absolute atomic E-state index is 12.7. The number of fused-ring (bicyclic) bond motifs is 5. The fourth-order valence-electron chi connectivity index (χ4n) is 4.62. The van der Waals surface area contributed by atoms with Gasteiger partial charge in [-0.3, -0.25) is 24.1 Å². The Bertz CT molecular complexity index is 848. The molecule has 0 unspecified atom stereocenters. The highest BCUT2D eigenvalue weighted by Gasteiger charge is 2.66. The smallest absolute Gasteiger partial charge is 0.326 e. The van der Waals surface area contributed by atoms with Gasteiger partial charge >= 0.3 is 5.97 Å². The molecule has 10 heteroatoms. The van der Waals surface area contributed by atoms with E-state index in [1.165, 1.54) is 0 Å². The van der Waals surface area contributed by atoms with E-state index in [0.717, 1.165) is 9.37 Å². The molecule has 0 spiro atoms. The van der Waals surface area contributed by atoms with Gasteiger partial charge in [-0.05, 0) is 42.5 Å². The molecule has 7 nitrogen and oxygen atoms in total. The molecule has 1 N–H and O–H groups in total. The van der Waals surface area contributed by atoms with Crippen molar-refractivity contribution in [3.8, 4) is 0 Å². The summed E-state index contributed by atoms with van der Waals surface area (Å²) < 4.78 is 5.80. The van der Waals surface area contributed by atoms with Crippen LogP contribution in [0.1, 0.15) is 6.42 Å². The van der Waals surface area contributed by atoms with Gasteiger partial charge < -0.3 is 10.1 Å². The van der Waals surface area contributed by atoms with Crippen molar-refractivity contribution in [1.29, 1.82) is 0 Å². The number of hydrogen-bond donors (Lipinski definition) is 1. The minimum atomic E-state index is -0.824. The maximum atomic E-state index is 12.7. The Morgan fingerprint density at radius 2 is 1.62 bits per heavy atom. The maximum Gasteiger partial charge on any atom is 0.326 e. The second-order valence-electron chi connectivity index (χ2n) is 7.48. The first-order chi connectivity index (χ1) is 13.8. The van der Waals surface area contributed by atoms with E-state index in [2.05, 4.69) is 21.2 Å². The number of amides is 3. The van der Waals surface area contributed by atoms with Crippen LogP contribution in [0.2, 0.25) is 0 Å². The van der Waals surface area contributed by atoms with Gasteiger partial charge in [-0.2, -0.15) is 0 Å². The number of hydrogen-bond acceptors (Lipinski definition) is 5. The largest absolute Gasteiger partial charge is 0.454 e. The molecule has 1 aromatic carbocycles. The summed E-state index contributed by atoms with van der Waals surface area (Å²) in [4.78, 5) is 50.3. The lowest BCUT2D eigenvalue weighted by Crippen LogP contribution is -2.38. The molecule has 1 aliphatic heterocycles. The molecular formula is C19H17BrCl2N2O5. The van der Waals surface area contributed by atoms with Crippen molar-refractivity contribution in [2.45, 2.75) is 17.2 Å². The molecule has 1 aromatic rings. The predicted molar refractivity (Wildman–Crippen MR) is 108 cm³/mol. The van der Waals surface area contributed by atoms with Crippen LogP contribution in [-0.4, -0.2) is 52.5 Å². The molecule has 0 radical (unpaired) electrons. The van der Waals surface area contributed by atoms with Gasteiger partial charge in [-0.15, -0.1) is 23.2 Å². The number of nitrogens with zero attached hydrogens (tertiary/aromatic N) is 1. The van der Waals surface area contributed by atoms with Crippen LogP contribution in [0.15, 0.2) is 28.7 Å². The Labute approximate surface area is 185 Å². The molecule has 3 amide bonds. The molecule has 3 aliphatic rings. The molecule has 1 heterocycles. The summed E-state index contributed by atoms with van der Waals surface area (Å²) in [6.07, 6.45) is 0.656. The van der Waals surface area contributed by atoms with E-state index in [1.54, 1.807) is 24.3 Å². The van der Waals surface area contributed by atoms with Crippen LogP contribution in [0.3, 0.4) is 0 Å². The van der Waals surface area contributed by atoms with E-state index < -0.39 is 48.7 Å². The van der Waals surface area contributed by atoms with Gasteiger partial charge in [-0.1, -0.05) is 15.9 Å². The second kappa shape index (κ2) is 7.89. The van der Waals surface area contributed by atoms with E-state index in [9.17, 15) is 19.2 Å². The van der Waals surface area contributed by atoms with Crippen molar-refractivity contribution in [2.24, 2.45) is 23.7 Å². The molecule has 1 saturated heterocycles. The second-order valence-corrected chi connectivity index (χ2v) is 9.41. The van der Waals surface area contributed by atoms with Gasteiger partial charge in [-0.25, -0.2) is 0 Å². The Morgan fingerprint density at radius 1 is 1.07 bits per heavy atom. The summed E-state index contributed by atoms with van der Waals surface area (Å²) in [5.41, 5.74) is 0.550. The van der Waals surface area contributed by atoms with Gasteiger partial charge in [0.1, 0.15) is 6.54 Å². The zero-order valence-corrected chi connectivity index (χ0v) is 18.1. The number of esters is 1. The van der Waals surface area contributed by atoms with Crippen molar-refractivity contribution in [2.75, 3.05) is 18.5 Å². The minimum Gasteiger partial charge on any atom is -0.454 e. The van der Waals surface area contributed by atoms with Gasteiger partial charge in [0.05, 0.1) is 22.6 Å². The van der Waals surface area contributed by atoms with Gasteiger partial charge in [0.2, 0.25) is 11.8 Å². The fraction of sp³-hybridized carbons (Fsp3) is 0.474. The quantitative estimate of drug-likeness (QED) is 0.378. The van der Waals surface area contributed by atoms with Crippen LogP contribution in [0.5, 0.6) is 0 Å². The SMILES string of the molecule is O=C(COC(=O)CN1C(=O)[C@@H]2[C@H]3C[C@@H]([C@@H](Cl)[C@H]3Cl)[C@H]2C1=O)Nc1ccc(Br)cc1. The average molecular weight is 504 g/mol. The normalized spacial score (nSPS) is 32.4. The number of halogens is 3. The molecule has 3 fully saturated rings. The Kier molecular flexibility index (Phi) is 5.61. The monoisotopic (exact) mass is 502 g/mol. The molecule has 154 valence electrons. The van der Waals surface area contributed by atoms with Crippen molar-refractivity contribution in [3.05, 3.63) is 28.7 Å². The summed E-state index contributed by atoms with van der Waals surface area (Å²) in [6.45, 7) is -1.04. The van der Waals surface area contributed by atoms with Crippen molar-refractivity contribution in [1.82, 2.24) is 4.90 Å². The van der Waals surface area contributed by atoms with Crippen molar-refractivity contribution < 1.29 is 23.9 Å². The first-order valence-corrected chi connectivity index (χ1v) is 10.8. The molecule has 2 aliphatic carbocycles. The fourth-order valence-corrected chi connectivity index (χ4v) is 5.77. The van der Waals surface area contributed by atoms with Crippen molar-refractivity contribution in [3.63, 3.8) is 0 Å². The van der Waals surface area contributed by atoms with E-state index >= 15 is 0 Å². The van der Waals surface area contributed by atoms with Gasteiger partial charge in [0.15, 0.2) is 6.61 Å². The number of alkyl halides is 2. The Morgan fingerprint density at radius 3 is 2.17 bits per heavy atom. The summed E-state index contributed by atoms with van der Waals surface area (Å²) in [7, 11) is 0. The summed E-state index contributed by atoms with van der Waals surface area (Å²) in [6, 6.07) is 6.89. The third-order valence-corrected chi connectivity index (χ3v) is 7.71. The number of carbonyl (C=O) groups is 4. The molecule has 29 heavy (non-hydrogen) atoms. The Balaban J connectivity index is 1.31. The Hall–Kier alpha value is -1.64. The first-order valence-electron chi connectivity index (χ1n) is 9.12. The summed E-state index contributed by atoms with van der Waals surface area (Å²) in [5.74, 6) is -3.49. The van der Waals surface area contributed by atoms with Crippen LogP contribution in [0.25, 0.3) is 0 Å². The number of likely N-dealkylation sites (tertiary alicyclic amines) is 1. The van der Waals surface area contributed by atoms with E-state index in [0.29, 0.717) is 12.1 Å². The summed E-state index contributed by atoms with van der Waals surface area (Å²) in [5, 5.41) is 1.88. The molecular weight excluding hydrogens is 487 g/mol. The third-order valence-electron chi connectivity index (χ3n) is 5.86. The number of rotatable bonds is 5. The number of ether oxygens (including phenoxy) is 1. The van der Waals surface area contributed by atoms with E-state index in [-0.39, 0.29) is 22.6 Å². The molecule has 2 bridgehead atoms. The number of carbonyl (C=O) groups excluding carboxylic acids is 4. The van der Waals surface area contributed by atoms with Crippen LogP contribution in [0.4, 0.5) is 5.69 Å². The molecule has 4 rings (SSSR count). The zero-order valence-electron chi connectivity index (χ0n) is 15.0. The lowest BCUT2D eigenvalue weighted by Gasteiger charge is -2.28. The highest BCUT2D eigenvalue weighted by molar-refractivity contribution is 9.10. The van der Waals surface area contributed by atoms with E-state index in [4.69, 9.17) is 27.9 Å². The number of anilines is 1. The lowest BCUT2D eigenvalue weighted by atomic mass is 9.80. The predicted octanol–water partition coefficient (Wildman–Crippen LogP) is 2.40. The number of nitrogens with one attached hydrogen (secondary N) is 1. The lowest BCUT2D eigenvalue weighted by molar-refractivity contribution is -0.154. The summed E-state index contributed by atoms with van der Waals surface area (Å²) >= 11 is 15.9. The highest BCUT2D eigenvalue weighted by Crippen LogP contribution is 2.59. The standard InChI is InChI=1S/C19H17BrCl2N2O5/c20-8-1-3-9(4-2-8)23-12(25)7-29-13(26)6-24-18(27)14-10-5-11(15(14)19(24)28)17(22)16(10)21/h1-4,10-11,14-17H,5-7H2,(H,23,25)/t10-,11-,14-,15-,16-,17+/m1/s1. The zero-order chi connectivity index (χ0) is 20.9. The molecule has 2 saturated carbocycles. The average Bonchev–Trinajstić information content (AvgIpc) is 3.29. The van der Waals surface area contributed by atoms with Gasteiger partial charge in [0.25, 0.3) is 5.91 Å². The van der Waals surface area contributed by atoms with Crippen LogP contribution in [-0.2, 0) is 23.9 Å². The van der Waals surface area contributed by atoms with Gasteiger partial charge in [0, 0.05) is 10.2 Å². The first kappa shape index (κ1) is 20.6. The number of imide groups is 1. The molecule has 0 aromatic heterocycles. The minimum absolute atomic E-state index is 0.150. The van der Waals surface area contributed by atoms with Crippen LogP contribution < -0.4 is 5.32 Å². The molecule has 6 atom stereocenters. The number of benzene rings is 1. The van der Waals surface area contributed by atoms with Crippen LogP contribution in [0, 0.1) is 23.7 Å².